The molecule has 0 amide bonds. The number of hydrogen-bond donors (Lipinski definition) is 0. The number of nitrogens with zero attached hydrogens (tertiary/aromatic N) is 3. The van der Waals surface area contributed by atoms with Crippen molar-refractivity contribution in [2.75, 3.05) is 0 Å². The van der Waals surface area contributed by atoms with Crippen molar-refractivity contribution in [1.29, 1.82) is 0 Å². The molecule has 0 aliphatic heterocycles. The Morgan fingerprint density at radius 2 is 1.33 bits per heavy atom. The summed E-state index contributed by atoms with van der Waals surface area (Å²) in [6, 6.07) is 34.6. The van der Waals surface area contributed by atoms with Crippen LogP contribution >= 0.6 is 0 Å². The molecule has 0 unspecified atom stereocenters. The summed E-state index contributed by atoms with van der Waals surface area (Å²) < 4.78 is 2.28. The van der Waals surface area contributed by atoms with E-state index in [1.165, 1.54) is 38.7 Å². The lowest BCUT2D eigenvalue weighted by Crippen LogP contribution is -2.07. The molecule has 0 atom stereocenters. The van der Waals surface area contributed by atoms with Crippen molar-refractivity contribution in [2.45, 2.75) is 39.5 Å². The minimum atomic E-state index is 0.407. The molecule has 3 nitrogen and oxygen atoms in total. The van der Waals surface area contributed by atoms with Crippen molar-refractivity contribution in [1.82, 2.24) is 14.5 Å². The Labute approximate surface area is 230 Å². The number of para-hydroxylation sites is 1. The summed E-state index contributed by atoms with van der Waals surface area (Å²) in [5.41, 5.74) is 9.51. The van der Waals surface area contributed by atoms with E-state index in [1.807, 2.05) is 24.5 Å². The number of rotatable bonds is 6. The van der Waals surface area contributed by atoms with Crippen molar-refractivity contribution in [2.24, 2.45) is 0 Å². The van der Waals surface area contributed by atoms with Crippen LogP contribution in [-0.2, 0) is 0 Å². The summed E-state index contributed by atoms with van der Waals surface area (Å²) in [4.78, 5) is 9.44. The van der Waals surface area contributed by atoms with Crippen LogP contribution in [0, 0.1) is 0 Å². The van der Waals surface area contributed by atoms with E-state index in [2.05, 4.69) is 128 Å². The second kappa shape index (κ2) is 10.3. The number of pyridine rings is 1. The maximum Gasteiger partial charge on any atom is 0.144 e. The Balaban J connectivity index is 1.49. The fraction of sp³-hybridized carbons (Fsp3) is 0.167. The molecule has 3 heteroatoms. The summed E-state index contributed by atoms with van der Waals surface area (Å²) in [6.07, 6.45) is 5.87. The highest BCUT2D eigenvalue weighted by Gasteiger charge is 2.19. The van der Waals surface area contributed by atoms with Crippen LogP contribution in [0.25, 0.3) is 50.2 Å². The van der Waals surface area contributed by atoms with Crippen molar-refractivity contribution in [3.8, 4) is 39.5 Å². The van der Waals surface area contributed by atoms with Crippen molar-refractivity contribution in [3.63, 3.8) is 0 Å². The van der Waals surface area contributed by atoms with Gasteiger partial charge in [-0.2, -0.15) is 0 Å². The van der Waals surface area contributed by atoms with Gasteiger partial charge >= 0.3 is 0 Å². The highest BCUT2D eigenvalue weighted by Crippen LogP contribution is 2.36. The Morgan fingerprint density at radius 1 is 0.590 bits per heavy atom. The van der Waals surface area contributed by atoms with Gasteiger partial charge in [0.05, 0.1) is 11.4 Å². The zero-order chi connectivity index (χ0) is 26.9. The van der Waals surface area contributed by atoms with Gasteiger partial charge in [0.25, 0.3) is 0 Å². The predicted molar refractivity (Wildman–Crippen MR) is 163 cm³/mol. The quantitative estimate of drug-likeness (QED) is 0.225. The van der Waals surface area contributed by atoms with Crippen molar-refractivity contribution >= 4 is 10.8 Å². The van der Waals surface area contributed by atoms with Crippen LogP contribution in [0.4, 0.5) is 0 Å². The van der Waals surface area contributed by atoms with Gasteiger partial charge in [0.2, 0.25) is 0 Å². The van der Waals surface area contributed by atoms with Gasteiger partial charge in [0.1, 0.15) is 5.82 Å². The number of hydrogen-bond acceptors (Lipinski definition) is 2. The van der Waals surface area contributed by atoms with Gasteiger partial charge in [-0.15, -0.1) is 0 Å². The standard InChI is InChI=1S/C36H33N3/c1-24(2)30-13-9-14-31(25(3)4)35(30)39-21-20-38-36(39)29-12-7-11-27(22-29)32-15-8-10-26-17-18-28(23-33(26)32)34-16-5-6-19-37-34/h5-25H,1-4H3. The highest BCUT2D eigenvalue weighted by atomic mass is 15.1. The van der Waals surface area contributed by atoms with E-state index in [-0.39, 0.29) is 0 Å². The van der Waals surface area contributed by atoms with E-state index in [4.69, 9.17) is 4.98 Å². The van der Waals surface area contributed by atoms with E-state index >= 15 is 0 Å². The number of imidazole rings is 1. The van der Waals surface area contributed by atoms with Crippen LogP contribution in [-0.4, -0.2) is 14.5 Å². The van der Waals surface area contributed by atoms with Gasteiger partial charge in [-0.3, -0.25) is 9.55 Å². The molecule has 0 radical (unpaired) electrons. The third-order valence-electron chi connectivity index (χ3n) is 7.50. The molecule has 0 fully saturated rings. The first kappa shape index (κ1) is 24.8. The van der Waals surface area contributed by atoms with E-state index in [0.29, 0.717) is 11.8 Å². The second-order valence-corrected chi connectivity index (χ2v) is 10.8. The fourth-order valence-electron chi connectivity index (χ4n) is 5.53. The summed E-state index contributed by atoms with van der Waals surface area (Å²) in [6.45, 7) is 9.06. The molecule has 2 aromatic heterocycles. The smallest absolute Gasteiger partial charge is 0.144 e. The molecule has 0 N–H and O–H groups in total. The second-order valence-electron chi connectivity index (χ2n) is 10.8. The Bertz CT molecular complexity index is 1730. The Kier molecular flexibility index (Phi) is 6.58. The summed E-state index contributed by atoms with van der Waals surface area (Å²) in [5.74, 6) is 1.77. The topological polar surface area (TPSA) is 30.7 Å². The van der Waals surface area contributed by atoms with Gasteiger partial charge in [-0.05, 0) is 69.1 Å². The van der Waals surface area contributed by atoms with Crippen LogP contribution in [0.1, 0.15) is 50.7 Å². The average molecular weight is 508 g/mol. The highest BCUT2D eigenvalue weighted by molar-refractivity contribution is 5.99. The first-order chi connectivity index (χ1) is 19.0. The van der Waals surface area contributed by atoms with E-state index in [0.717, 1.165) is 22.6 Å². The number of benzene rings is 4. The van der Waals surface area contributed by atoms with Crippen molar-refractivity contribution in [3.05, 3.63) is 127 Å². The van der Waals surface area contributed by atoms with Crippen LogP contribution < -0.4 is 0 Å². The first-order valence-corrected chi connectivity index (χ1v) is 13.7. The lowest BCUT2D eigenvalue weighted by Gasteiger charge is -2.22. The van der Waals surface area contributed by atoms with Gasteiger partial charge in [0.15, 0.2) is 0 Å². The molecule has 192 valence electrons. The minimum absolute atomic E-state index is 0.407. The number of aromatic nitrogens is 3. The molecule has 0 aliphatic carbocycles. The molecule has 0 aliphatic rings. The molecule has 6 aromatic rings. The predicted octanol–water partition coefficient (Wildman–Crippen LogP) is 9.67. The van der Waals surface area contributed by atoms with E-state index in [9.17, 15) is 0 Å². The monoisotopic (exact) mass is 507 g/mol. The van der Waals surface area contributed by atoms with Gasteiger partial charge in [0, 0.05) is 29.7 Å². The minimum Gasteiger partial charge on any atom is -0.299 e. The van der Waals surface area contributed by atoms with Gasteiger partial charge in [-0.1, -0.05) is 100 Å². The third-order valence-corrected chi connectivity index (χ3v) is 7.50. The molecule has 39 heavy (non-hydrogen) atoms. The van der Waals surface area contributed by atoms with Crippen molar-refractivity contribution < 1.29 is 0 Å². The average Bonchev–Trinajstić information content (AvgIpc) is 3.46. The summed E-state index contributed by atoms with van der Waals surface area (Å²) in [7, 11) is 0. The molecule has 0 bridgehead atoms. The molecule has 0 saturated heterocycles. The Hall–Kier alpha value is -4.50. The molecule has 0 saturated carbocycles. The fourth-order valence-corrected chi connectivity index (χ4v) is 5.53. The molecule has 6 rings (SSSR count). The van der Waals surface area contributed by atoms with Crippen LogP contribution in [0.5, 0.6) is 0 Å². The lowest BCUT2D eigenvalue weighted by molar-refractivity contribution is 0.807. The third kappa shape index (κ3) is 4.66. The molecular weight excluding hydrogens is 474 g/mol. The zero-order valence-corrected chi connectivity index (χ0v) is 23.0. The zero-order valence-electron chi connectivity index (χ0n) is 23.0. The molecule has 2 heterocycles. The first-order valence-electron chi connectivity index (χ1n) is 13.7. The summed E-state index contributed by atoms with van der Waals surface area (Å²) in [5, 5.41) is 2.43. The maximum atomic E-state index is 4.87. The molecule has 0 spiro atoms. The maximum absolute atomic E-state index is 4.87. The van der Waals surface area contributed by atoms with E-state index in [1.54, 1.807) is 0 Å². The SMILES string of the molecule is CC(C)c1cccc(C(C)C)c1-n1ccnc1-c1cccc(-c2cccc3ccc(-c4ccccn4)cc23)c1. The normalized spacial score (nSPS) is 11.5. The van der Waals surface area contributed by atoms with E-state index < -0.39 is 0 Å². The Morgan fingerprint density at radius 3 is 2.08 bits per heavy atom. The number of fused-ring (bicyclic) bond motifs is 1. The largest absolute Gasteiger partial charge is 0.299 e. The van der Waals surface area contributed by atoms with Gasteiger partial charge in [-0.25, -0.2) is 4.98 Å². The van der Waals surface area contributed by atoms with Crippen LogP contribution in [0.2, 0.25) is 0 Å². The molecular formula is C36H33N3. The molecule has 4 aromatic carbocycles. The summed E-state index contributed by atoms with van der Waals surface area (Å²) >= 11 is 0. The van der Waals surface area contributed by atoms with Crippen LogP contribution in [0.15, 0.2) is 116 Å². The lowest BCUT2D eigenvalue weighted by atomic mass is 9.92. The van der Waals surface area contributed by atoms with Crippen LogP contribution in [0.3, 0.4) is 0 Å². The van der Waals surface area contributed by atoms with Gasteiger partial charge < -0.3 is 0 Å².